The largest absolute Gasteiger partial charge is 0.308 e. The van der Waals surface area contributed by atoms with E-state index in [-0.39, 0.29) is 17.3 Å². The summed E-state index contributed by atoms with van der Waals surface area (Å²) < 4.78 is 13.0. The lowest BCUT2D eigenvalue weighted by molar-refractivity contribution is 0.411. The fraction of sp³-hybridized carbons (Fsp3) is 0.389. The van der Waals surface area contributed by atoms with Gasteiger partial charge in [-0.05, 0) is 24.1 Å². The molecule has 1 aromatic carbocycles. The average molecular weight is 286 g/mol. The summed E-state index contributed by atoms with van der Waals surface area (Å²) in [6.07, 6.45) is 2.20. The lowest BCUT2D eigenvalue weighted by atomic mass is 9.84. The van der Waals surface area contributed by atoms with E-state index >= 15 is 0 Å². The molecule has 3 heteroatoms. The van der Waals surface area contributed by atoms with E-state index in [0.29, 0.717) is 0 Å². The van der Waals surface area contributed by atoms with Crippen LogP contribution in [-0.2, 0) is 5.41 Å². The van der Waals surface area contributed by atoms with Crippen molar-refractivity contribution >= 4 is 0 Å². The third kappa shape index (κ3) is 4.11. The van der Waals surface area contributed by atoms with Crippen LogP contribution in [0.4, 0.5) is 4.39 Å². The van der Waals surface area contributed by atoms with Crippen LogP contribution < -0.4 is 5.32 Å². The minimum Gasteiger partial charge on any atom is -0.308 e. The Morgan fingerprint density at radius 3 is 2.43 bits per heavy atom. The van der Waals surface area contributed by atoms with Crippen LogP contribution in [0.3, 0.4) is 0 Å². The van der Waals surface area contributed by atoms with Gasteiger partial charge >= 0.3 is 0 Å². The van der Waals surface area contributed by atoms with Gasteiger partial charge in [0.2, 0.25) is 0 Å². The second-order valence-corrected chi connectivity index (χ2v) is 5.99. The molecule has 0 saturated carbocycles. The second kappa shape index (κ2) is 6.81. The number of rotatable bonds is 6. The maximum Gasteiger partial charge on any atom is 0.141 e. The third-order valence-electron chi connectivity index (χ3n) is 3.86. The zero-order valence-electron chi connectivity index (χ0n) is 12.9. The first-order valence-electron chi connectivity index (χ1n) is 7.43. The number of hydrogen-bond donors (Lipinski definition) is 1. The molecule has 0 bridgehead atoms. The summed E-state index contributed by atoms with van der Waals surface area (Å²) in [7, 11) is 0. The van der Waals surface area contributed by atoms with Gasteiger partial charge in [0.15, 0.2) is 0 Å². The van der Waals surface area contributed by atoms with Crippen molar-refractivity contribution in [1.29, 1.82) is 0 Å². The summed E-state index contributed by atoms with van der Waals surface area (Å²) in [4.78, 5) is 4.19. The van der Waals surface area contributed by atoms with Gasteiger partial charge in [-0.15, -0.1) is 0 Å². The van der Waals surface area contributed by atoms with E-state index in [0.717, 1.165) is 18.7 Å². The Labute approximate surface area is 126 Å². The van der Waals surface area contributed by atoms with E-state index in [1.165, 1.54) is 17.8 Å². The van der Waals surface area contributed by atoms with Gasteiger partial charge in [-0.25, -0.2) is 4.39 Å². The van der Waals surface area contributed by atoms with E-state index in [1.807, 2.05) is 6.07 Å². The molecule has 1 aromatic heterocycles. The number of nitrogens with zero attached hydrogens (tertiary/aromatic N) is 1. The van der Waals surface area contributed by atoms with Crippen LogP contribution in [0.2, 0.25) is 0 Å². The highest BCUT2D eigenvalue weighted by Gasteiger charge is 2.22. The maximum atomic E-state index is 13.0. The number of aromatic nitrogens is 1. The van der Waals surface area contributed by atoms with Crippen molar-refractivity contribution in [2.75, 3.05) is 6.54 Å². The van der Waals surface area contributed by atoms with Crippen molar-refractivity contribution in [2.45, 2.75) is 38.6 Å². The molecule has 2 aromatic rings. The molecule has 0 radical (unpaired) electrons. The fourth-order valence-electron chi connectivity index (χ4n) is 2.42. The summed E-state index contributed by atoms with van der Waals surface area (Å²) in [5.74, 6) is -0.293. The van der Waals surface area contributed by atoms with Crippen molar-refractivity contribution in [3.05, 3.63) is 65.7 Å². The molecule has 0 saturated heterocycles. The number of halogens is 1. The molecule has 1 heterocycles. The van der Waals surface area contributed by atoms with Crippen LogP contribution in [0.5, 0.6) is 0 Å². The second-order valence-electron chi connectivity index (χ2n) is 5.99. The molecule has 0 amide bonds. The van der Waals surface area contributed by atoms with Gasteiger partial charge in [0.1, 0.15) is 5.82 Å². The summed E-state index contributed by atoms with van der Waals surface area (Å²) in [5.41, 5.74) is 2.23. The monoisotopic (exact) mass is 286 g/mol. The molecule has 0 aliphatic carbocycles. The molecule has 2 rings (SSSR count). The summed E-state index contributed by atoms with van der Waals surface area (Å²) in [5, 5.41) is 3.56. The van der Waals surface area contributed by atoms with Crippen molar-refractivity contribution in [2.24, 2.45) is 0 Å². The normalized spacial score (nSPS) is 13.1. The number of hydrogen-bond acceptors (Lipinski definition) is 2. The number of pyridine rings is 1. The van der Waals surface area contributed by atoms with E-state index in [9.17, 15) is 4.39 Å². The van der Waals surface area contributed by atoms with Crippen LogP contribution in [-0.4, -0.2) is 11.5 Å². The van der Waals surface area contributed by atoms with Crippen LogP contribution in [0.25, 0.3) is 0 Å². The van der Waals surface area contributed by atoms with Gasteiger partial charge < -0.3 is 5.32 Å². The van der Waals surface area contributed by atoms with Crippen LogP contribution in [0.1, 0.15) is 44.5 Å². The Kier molecular flexibility index (Phi) is 5.07. The summed E-state index contributed by atoms with van der Waals surface area (Å²) in [6.45, 7) is 7.40. The highest BCUT2D eigenvalue weighted by Crippen LogP contribution is 2.24. The Balaban J connectivity index is 2.04. The predicted molar refractivity (Wildman–Crippen MR) is 84.7 cm³/mol. The lowest BCUT2D eigenvalue weighted by Crippen LogP contribution is -2.35. The molecule has 1 N–H and O–H groups in total. The maximum absolute atomic E-state index is 13.0. The van der Waals surface area contributed by atoms with Gasteiger partial charge in [0, 0.05) is 18.0 Å². The van der Waals surface area contributed by atoms with Gasteiger partial charge in [-0.2, -0.15) is 0 Å². The third-order valence-corrected chi connectivity index (χ3v) is 3.86. The van der Waals surface area contributed by atoms with Crippen molar-refractivity contribution in [3.8, 4) is 0 Å². The molecule has 0 fully saturated rings. The molecular formula is C18H23FN2. The van der Waals surface area contributed by atoms with E-state index in [4.69, 9.17) is 0 Å². The molecule has 0 aliphatic rings. The smallest absolute Gasteiger partial charge is 0.141 e. The Morgan fingerprint density at radius 2 is 1.86 bits per heavy atom. The number of benzene rings is 1. The van der Waals surface area contributed by atoms with E-state index < -0.39 is 0 Å². The first-order chi connectivity index (χ1) is 10.0. The Hall–Kier alpha value is -1.74. The van der Waals surface area contributed by atoms with Crippen LogP contribution in [0.15, 0.2) is 48.7 Å². The first-order valence-corrected chi connectivity index (χ1v) is 7.43. The minimum absolute atomic E-state index is 0.0364. The van der Waals surface area contributed by atoms with Crippen LogP contribution >= 0.6 is 0 Å². The fourth-order valence-corrected chi connectivity index (χ4v) is 2.42. The molecule has 0 spiro atoms. The standard InChI is InChI=1S/C18H23FN2/c1-4-16(17-11-10-15(19)12-20-17)21-13-18(2,3)14-8-6-5-7-9-14/h5-12,16,21H,4,13H2,1-3H3. The SMILES string of the molecule is CCC(NCC(C)(C)c1ccccc1)c1ccc(F)cn1. The van der Waals surface area contributed by atoms with Gasteiger partial charge in [-0.3, -0.25) is 4.98 Å². The molecule has 112 valence electrons. The van der Waals surface area contributed by atoms with E-state index in [1.54, 1.807) is 6.07 Å². The van der Waals surface area contributed by atoms with Crippen molar-refractivity contribution in [1.82, 2.24) is 10.3 Å². The molecule has 0 aliphatic heterocycles. The van der Waals surface area contributed by atoms with E-state index in [2.05, 4.69) is 55.3 Å². The molecule has 21 heavy (non-hydrogen) atoms. The lowest BCUT2D eigenvalue weighted by Gasteiger charge is -2.28. The van der Waals surface area contributed by atoms with Gasteiger partial charge in [0.25, 0.3) is 0 Å². The first kappa shape index (κ1) is 15.6. The summed E-state index contributed by atoms with van der Waals surface area (Å²) in [6, 6.07) is 13.8. The number of nitrogens with one attached hydrogen (secondary N) is 1. The quantitative estimate of drug-likeness (QED) is 0.859. The topological polar surface area (TPSA) is 24.9 Å². The van der Waals surface area contributed by atoms with Crippen molar-refractivity contribution < 1.29 is 4.39 Å². The molecule has 2 nitrogen and oxygen atoms in total. The zero-order chi connectivity index (χ0) is 15.3. The average Bonchev–Trinajstić information content (AvgIpc) is 2.50. The molecule has 1 unspecified atom stereocenters. The zero-order valence-corrected chi connectivity index (χ0v) is 12.9. The van der Waals surface area contributed by atoms with Gasteiger partial charge in [-0.1, -0.05) is 51.1 Å². The Morgan fingerprint density at radius 1 is 1.14 bits per heavy atom. The van der Waals surface area contributed by atoms with Crippen molar-refractivity contribution in [3.63, 3.8) is 0 Å². The highest BCUT2D eigenvalue weighted by molar-refractivity contribution is 5.24. The minimum atomic E-state index is -0.293. The van der Waals surface area contributed by atoms with Gasteiger partial charge in [0.05, 0.1) is 11.9 Å². The highest BCUT2D eigenvalue weighted by atomic mass is 19.1. The predicted octanol–water partition coefficient (Wildman–Crippen LogP) is 4.24. The Bertz CT molecular complexity index is 549. The van der Waals surface area contributed by atoms with Crippen LogP contribution in [0, 0.1) is 5.82 Å². The molecular weight excluding hydrogens is 263 g/mol. The summed E-state index contributed by atoms with van der Waals surface area (Å²) >= 11 is 0. The molecule has 1 atom stereocenters.